The van der Waals surface area contributed by atoms with Crippen LogP contribution in [-0.4, -0.2) is 55.6 Å². The minimum Gasteiger partial charge on any atom is -0.393 e. The molecule has 5 rings (SSSR count). The first-order chi connectivity index (χ1) is 15.4. The molecule has 32 heavy (non-hydrogen) atoms. The van der Waals surface area contributed by atoms with Crippen LogP contribution in [0.1, 0.15) is 24.9 Å². The third-order valence-corrected chi connectivity index (χ3v) is 6.16. The Bertz CT molecular complexity index is 1140. The van der Waals surface area contributed by atoms with Crippen LogP contribution in [0.15, 0.2) is 65.9 Å². The molecule has 1 aromatic carbocycles. The number of nitrogens with zero attached hydrogens (tertiary/aromatic N) is 4. The Morgan fingerprint density at radius 2 is 1.88 bits per heavy atom. The maximum absolute atomic E-state index is 10.7. The molecule has 5 atom stereocenters. The van der Waals surface area contributed by atoms with E-state index in [1.807, 2.05) is 54.7 Å². The Hall–Kier alpha value is -3.08. The number of aliphatic hydroxyl groups excluding tert-OH is 3. The van der Waals surface area contributed by atoms with Crippen molar-refractivity contribution in [2.45, 2.75) is 37.1 Å². The van der Waals surface area contributed by atoms with Crippen molar-refractivity contribution in [3.05, 3.63) is 66.5 Å². The summed E-state index contributed by atoms with van der Waals surface area (Å²) in [7, 11) is 0. The number of hydrogen-bond acceptors (Lipinski definition) is 8. The number of pyridine rings is 1. The third kappa shape index (κ3) is 3.14. The molecular weight excluding hydrogens is 410 g/mol. The second kappa shape index (κ2) is 7.80. The topological polar surface area (TPSA) is 129 Å². The van der Waals surface area contributed by atoms with Gasteiger partial charge >= 0.3 is 0 Å². The van der Waals surface area contributed by atoms with Crippen molar-refractivity contribution in [1.29, 1.82) is 0 Å². The molecule has 1 saturated heterocycles. The molecule has 2 aliphatic rings. The Morgan fingerprint density at radius 3 is 2.53 bits per heavy atom. The minimum absolute atomic E-state index is 0.438. The number of rotatable bonds is 4. The lowest BCUT2D eigenvalue weighted by atomic mass is 9.99. The van der Waals surface area contributed by atoms with Crippen LogP contribution >= 0.6 is 0 Å². The van der Waals surface area contributed by atoms with E-state index >= 15 is 0 Å². The fraction of sp³-hybridized carbons (Fsp3) is 0.304. The third-order valence-electron chi connectivity index (χ3n) is 6.16. The quantitative estimate of drug-likeness (QED) is 0.491. The van der Waals surface area contributed by atoms with Gasteiger partial charge in [0, 0.05) is 23.5 Å². The summed E-state index contributed by atoms with van der Waals surface area (Å²) in [6.07, 6.45) is 1.05. The van der Waals surface area contributed by atoms with Crippen molar-refractivity contribution in [1.82, 2.24) is 9.55 Å². The fourth-order valence-corrected chi connectivity index (χ4v) is 4.32. The summed E-state index contributed by atoms with van der Waals surface area (Å²) < 4.78 is 7.62. The number of ether oxygens (including phenoxy) is 1. The largest absolute Gasteiger partial charge is 0.393 e. The number of hydrogen-bond donors (Lipinski definition) is 4. The maximum atomic E-state index is 10.7. The van der Waals surface area contributed by atoms with E-state index in [2.05, 4.69) is 9.98 Å². The first-order valence-electron chi connectivity index (χ1n) is 10.4. The van der Waals surface area contributed by atoms with Crippen molar-refractivity contribution in [2.75, 3.05) is 11.5 Å². The van der Waals surface area contributed by atoms with Gasteiger partial charge in [0.25, 0.3) is 0 Å². The summed E-state index contributed by atoms with van der Waals surface area (Å²) in [5.41, 5.74) is 7.90. The molecule has 0 bridgehead atoms. The number of aliphatic hydroxyl groups is 3. The molecule has 0 aliphatic carbocycles. The summed E-state index contributed by atoms with van der Waals surface area (Å²) in [6.45, 7) is 1.12. The number of benzene rings is 1. The highest BCUT2D eigenvalue weighted by atomic mass is 16.6. The molecule has 1 fully saturated rings. The van der Waals surface area contributed by atoms with Crippen LogP contribution in [-0.2, 0) is 4.74 Å². The maximum Gasteiger partial charge on any atom is 0.164 e. The van der Waals surface area contributed by atoms with E-state index < -0.39 is 36.8 Å². The van der Waals surface area contributed by atoms with Gasteiger partial charge in [-0.3, -0.25) is 4.90 Å². The van der Waals surface area contributed by atoms with Crippen LogP contribution in [0.5, 0.6) is 0 Å². The Kier molecular flexibility index (Phi) is 5.07. The summed E-state index contributed by atoms with van der Waals surface area (Å²) in [6, 6.07) is 15.3. The monoisotopic (exact) mass is 435 g/mol. The van der Waals surface area contributed by atoms with Gasteiger partial charge in [-0.05, 0) is 24.6 Å². The number of nitrogens with two attached hydrogens (primary N) is 1. The Labute approximate surface area is 185 Å². The van der Waals surface area contributed by atoms with E-state index in [0.29, 0.717) is 11.6 Å². The molecule has 0 amide bonds. The fourth-order valence-electron chi connectivity index (χ4n) is 4.32. The zero-order valence-electron chi connectivity index (χ0n) is 17.5. The lowest BCUT2D eigenvalue weighted by molar-refractivity contribution is -0.116. The van der Waals surface area contributed by atoms with E-state index in [4.69, 9.17) is 10.5 Å². The van der Waals surface area contributed by atoms with Crippen LogP contribution in [0.2, 0.25) is 0 Å². The van der Waals surface area contributed by atoms with Crippen LogP contribution in [0.3, 0.4) is 0 Å². The van der Waals surface area contributed by atoms with Crippen LogP contribution in [0, 0.1) is 0 Å². The lowest BCUT2D eigenvalue weighted by Gasteiger charge is -2.30. The molecule has 3 aromatic rings. The predicted molar refractivity (Wildman–Crippen MR) is 119 cm³/mol. The van der Waals surface area contributed by atoms with Gasteiger partial charge in [-0.2, -0.15) is 0 Å². The number of anilines is 1. The van der Waals surface area contributed by atoms with Gasteiger partial charge in [-0.25, -0.2) is 9.98 Å². The van der Waals surface area contributed by atoms with Gasteiger partial charge in [-0.1, -0.05) is 36.4 Å². The van der Waals surface area contributed by atoms with Gasteiger partial charge < -0.3 is 30.4 Å². The SMILES string of the molecule is C[C@]1(CO)O[C@@H](n2cc(-c3ccccc3)c3c2N=CN(c2ccccn2)C3N)[C@H](O)[C@@H]1O. The predicted octanol–water partition coefficient (Wildman–Crippen LogP) is 1.69. The molecule has 0 radical (unpaired) electrons. The summed E-state index contributed by atoms with van der Waals surface area (Å²) in [5.74, 6) is 1.17. The van der Waals surface area contributed by atoms with Crippen molar-refractivity contribution in [2.24, 2.45) is 10.7 Å². The second-order valence-corrected chi connectivity index (χ2v) is 8.25. The number of aromatic nitrogens is 2. The smallest absolute Gasteiger partial charge is 0.164 e. The van der Waals surface area contributed by atoms with E-state index in [0.717, 1.165) is 16.7 Å². The zero-order valence-corrected chi connectivity index (χ0v) is 17.5. The van der Waals surface area contributed by atoms with Gasteiger partial charge in [-0.15, -0.1) is 0 Å². The van der Waals surface area contributed by atoms with Crippen molar-refractivity contribution < 1.29 is 20.1 Å². The van der Waals surface area contributed by atoms with Gasteiger partial charge in [0.15, 0.2) is 6.23 Å². The van der Waals surface area contributed by atoms with E-state index in [1.54, 1.807) is 28.9 Å². The van der Waals surface area contributed by atoms with E-state index in [9.17, 15) is 15.3 Å². The van der Waals surface area contributed by atoms with Crippen LogP contribution < -0.4 is 10.6 Å². The molecule has 1 unspecified atom stereocenters. The molecule has 0 spiro atoms. The lowest BCUT2D eigenvalue weighted by Crippen LogP contribution is -2.43. The number of aliphatic imine (C=N–C) groups is 1. The Balaban J connectivity index is 1.65. The molecule has 9 nitrogen and oxygen atoms in total. The summed E-state index contributed by atoms with van der Waals surface area (Å²) in [5, 5.41) is 31.0. The van der Waals surface area contributed by atoms with Crippen molar-refractivity contribution in [3.8, 4) is 11.1 Å². The zero-order chi connectivity index (χ0) is 22.5. The Morgan fingerprint density at radius 1 is 1.12 bits per heavy atom. The molecular formula is C23H25N5O4. The van der Waals surface area contributed by atoms with Crippen LogP contribution in [0.4, 0.5) is 11.6 Å². The summed E-state index contributed by atoms with van der Waals surface area (Å²) >= 11 is 0. The average molecular weight is 435 g/mol. The molecule has 2 aromatic heterocycles. The highest BCUT2D eigenvalue weighted by molar-refractivity contribution is 5.87. The summed E-state index contributed by atoms with van der Waals surface area (Å²) in [4.78, 5) is 10.8. The average Bonchev–Trinajstić information content (AvgIpc) is 3.32. The molecule has 0 saturated carbocycles. The highest BCUT2D eigenvalue weighted by Crippen LogP contribution is 2.46. The molecule has 9 heteroatoms. The van der Waals surface area contributed by atoms with Gasteiger partial charge in [0.1, 0.15) is 41.9 Å². The number of fused-ring (bicyclic) bond motifs is 1. The molecule has 2 aliphatic heterocycles. The molecule has 166 valence electrons. The standard InChI is InChI=1S/C23H25N5O4/c1-23(12-29)19(31)18(30)22(32-23)27-11-15(14-7-3-2-4-8-14)17-20(24)28(13-26-21(17)27)16-9-5-6-10-25-16/h2-11,13,18-20,22,29-31H,12,24H2,1H3/t18-,19+,20?,22-,23-/m1/s1. The first kappa shape index (κ1) is 20.8. The van der Waals surface area contributed by atoms with Crippen LogP contribution in [0.25, 0.3) is 11.1 Å². The molecule has 4 heterocycles. The van der Waals surface area contributed by atoms with Crippen molar-refractivity contribution in [3.63, 3.8) is 0 Å². The minimum atomic E-state index is -1.30. The van der Waals surface area contributed by atoms with E-state index in [1.165, 1.54) is 0 Å². The van der Waals surface area contributed by atoms with Gasteiger partial charge in [0.05, 0.1) is 6.61 Å². The normalized spacial score (nSPS) is 29.3. The van der Waals surface area contributed by atoms with E-state index in [-0.39, 0.29) is 0 Å². The van der Waals surface area contributed by atoms with Crippen molar-refractivity contribution >= 4 is 18.0 Å². The molecule has 5 N–H and O–H groups in total. The first-order valence-corrected chi connectivity index (χ1v) is 10.4. The van der Waals surface area contributed by atoms with Gasteiger partial charge in [0.2, 0.25) is 0 Å². The second-order valence-electron chi connectivity index (χ2n) is 8.25. The highest BCUT2D eigenvalue weighted by Gasteiger charge is 2.52.